The number of esters is 2. The zero-order valence-electron chi connectivity index (χ0n) is 15.1. The molecule has 0 aromatic carbocycles. The molecule has 5 heteroatoms. The van der Waals surface area contributed by atoms with E-state index in [4.69, 9.17) is 21.1 Å². The number of ether oxygens (including phenoxy) is 2. The number of alkyl halides is 1. The van der Waals surface area contributed by atoms with Gasteiger partial charge >= 0.3 is 11.9 Å². The summed E-state index contributed by atoms with van der Waals surface area (Å²) < 4.78 is 10.0. The molecule has 0 aromatic heterocycles. The van der Waals surface area contributed by atoms with E-state index >= 15 is 0 Å². The van der Waals surface area contributed by atoms with E-state index in [1.54, 1.807) is 0 Å². The molecule has 0 saturated heterocycles. The van der Waals surface area contributed by atoms with E-state index in [-0.39, 0.29) is 0 Å². The molecule has 0 radical (unpaired) electrons. The number of hydrogen-bond donors (Lipinski definition) is 0. The number of rotatable bonds is 16. The molecule has 0 rings (SSSR count). The lowest BCUT2D eigenvalue weighted by Crippen LogP contribution is -2.06. The van der Waals surface area contributed by atoms with Crippen molar-refractivity contribution in [1.82, 2.24) is 0 Å². The molecule has 24 heavy (non-hydrogen) atoms. The van der Waals surface area contributed by atoms with Gasteiger partial charge in [-0.15, -0.1) is 11.6 Å². The van der Waals surface area contributed by atoms with Crippen LogP contribution in [0, 0.1) is 0 Å². The minimum absolute atomic E-state index is 0.401. The summed E-state index contributed by atoms with van der Waals surface area (Å²) in [7, 11) is 0. The van der Waals surface area contributed by atoms with Crippen molar-refractivity contribution >= 4 is 23.5 Å². The Morgan fingerprint density at radius 3 is 1.58 bits per heavy atom. The predicted molar refractivity (Wildman–Crippen MR) is 98.2 cm³/mol. The first-order valence-electron chi connectivity index (χ1n) is 9.28. The average molecular weight is 361 g/mol. The van der Waals surface area contributed by atoms with Gasteiger partial charge in [0.1, 0.15) is 0 Å². The van der Waals surface area contributed by atoms with Gasteiger partial charge in [0.2, 0.25) is 0 Å². The molecule has 0 bridgehead atoms. The molecule has 140 valence electrons. The number of carbonyl (C=O) groups excluding carboxylic acids is 2. The van der Waals surface area contributed by atoms with Crippen LogP contribution in [0.4, 0.5) is 0 Å². The largest absolute Gasteiger partial charge is 0.463 e. The van der Waals surface area contributed by atoms with Crippen LogP contribution in [-0.4, -0.2) is 31.0 Å². The Bertz CT molecular complexity index is 342. The summed E-state index contributed by atoms with van der Waals surface area (Å²) in [6, 6.07) is 0. The Labute approximate surface area is 151 Å². The van der Waals surface area contributed by atoms with Crippen LogP contribution in [0.25, 0.3) is 0 Å². The predicted octanol–water partition coefficient (Wildman–Crippen LogP) is 5.18. The first-order valence-corrected chi connectivity index (χ1v) is 9.81. The molecule has 0 aliphatic carbocycles. The van der Waals surface area contributed by atoms with Crippen molar-refractivity contribution in [3.8, 4) is 0 Å². The number of carbonyl (C=O) groups is 2. The third-order valence-corrected chi connectivity index (χ3v) is 3.89. The minimum atomic E-state index is -0.489. The van der Waals surface area contributed by atoms with E-state index < -0.39 is 11.9 Å². The summed E-state index contributed by atoms with van der Waals surface area (Å²) in [5.74, 6) is -0.213. The van der Waals surface area contributed by atoms with E-state index in [2.05, 4.69) is 6.92 Å². The van der Waals surface area contributed by atoms with Crippen LogP contribution in [0.2, 0.25) is 0 Å². The number of unbranched alkanes of at least 4 members (excludes halogenated alkanes) is 9. The van der Waals surface area contributed by atoms with Gasteiger partial charge < -0.3 is 9.47 Å². The Hall–Kier alpha value is -1.03. The highest BCUT2D eigenvalue weighted by Gasteiger charge is 2.01. The standard InChI is InChI=1S/C19H33ClO4/c1-2-3-11-16-23-18(21)13-14-19(22)24-17-12-9-7-5-4-6-8-10-15-20/h13-14H,2-12,15-17H2,1H3/b14-13+. The molecular weight excluding hydrogens is 328 g/mol. The number of hydrogen-bond acceptors (Lipinski definition) is 4. The van der Waals surface area contributed by atoms with Crippen molar-refractivity contribution < 1.29 is 19.1 Å². The van der Waals surface area contributed by atoms with Crippen LogP contribution in [-0.2, 0) is 19.1 Å². The van der Waals surface area contributed by atoms with Crippen LogP contribution < -0.4 is 0 Å². The summed E-state index contributed by atoms with van der Waals surface area (Å²) >= 11 is 5.63. The van der Waals surface area contributed by atoms with Crippen molar-refractivity contribution in [1.29, 1.82) is 0 Å². The number of halogens is 1. The lowest BCUT2D eigenvalue weighted by atomic mass is 10.1. The second kappa shape index (κ2) is 18.3. The van der Waals surface area contributed by atoms with Gasteiger partial charge in [0, 0.05) is 18.0 Å². The van der Waals surface area contributed by atoms with E-state index in [1.807, 2.05) is 0 Å². The van der Waals surface area contributed by atoms with Crippen LogP contribution in [0.1, 0.15) is 77.6 Å². The first-order chi connectivity index (χ1) is 11.7. The second-order valence-corrected chi connectivity index (χ2v) is 6.27. The highest BCUT2D eigenvalue weighted by molar-refractivity contribution is 6.17. The lowest BCUT2D eigenvalue weighted by molar-refractivity contribution is -0.140. The molecule has 0 atom stereocenters. The minimum Gasteiger partial charge on any atom is -0.463 e. The van der Waals surface area contributed by atoms with Gasteiger partial charge in [-0.25, -0.2) is 9.59 Å². The molecule has 4 nitrogen and oxygen atoms in total. The van der Waals surface area contributed by atoms with Crippen molar-refractivity contribution in [2.45, 2.75) is 77.6 Å². The molecule has 0 aliphatic heterocycles. The van der Waals surface area contributed by atoms with Gasteiger partial charge in [0.05, 0.1) is 13.2 Å². The van der Waals surface area contributed by atoms with Crippen molar-refractivity contribution in [2.24, 2.45) is 0 Å². The van der Waals surface area contributed by atoms with Crippen molar-refractivity contribution in [2.75, 3.05) is 19.1 Å². The molecule has 0 aliphatic rings. The summed E-state index contributed by atoms with van der Waals surface area (Å²) in [5, 5.41) is 0. The Morgan fingerprint density at radius 1 is 0.708 bits per heavy atom. The average Bonchev–Trinajstić information content (AvgIpc) is 2.58. The normalized spacial score (nSPS) is 10.9. The zero-order valence-corrected chi connectivity index (χ0v) is 15.8. The molecular formula is C19H33ClO4. The first kappa shape index (κ1) is 23.0. The van der Waals surface area contributed by atoms with Gasteiger partial charge in [0.25, 0.3) is 0 Å². The lowest BCUT2D eigenvalue weighted by Gasteiger charge is -2.03. The van der Waals surface area contributed by atoms with Gasteiger partial charge in [-0.3, -0.25) is 0 Å². The van der Waals surface area contributed by atoms with E-state index in [9.17, 15) is 9.59 Å². The maximum atomic E-state index is 11.4. The Morgan fingerprint density at radius 2 is 1.12 bits per heavy atom. The van der Waals surface area contributed by atoms with Crippen LogP contribution in [0.3, 0.4) is 0 Å². The fourth-order valence-corrected chi connectivity index (χ4v) is 2.38. The Kier molecular flexibility index (Phi) is 17.5. The quantitative estimate of drug-likeness (QED) is 0.165. The summed E-state index contributed by atoms with van der Waals surface area (Å²) in [5.41, 5.74) is 0. The van der Waals surface area contributed by atoms with Crippen LogP contribution in [0.15, 0.2) is 12.2 Å². The molecule has 0 unspecified atom stereocenters. The molecule has 0 N–H and O–H groups in total. The Balaban J connectivity index is 3.42. The third kappa shape index (κ3) is 17.3. The molecule has 0 spiro atoms. The third-order valence-electron chi connectivity index (χ3n) is 3.62. The summed E-state index contributed by atoms with van der Waals surface area (Å²) in [6.45, 7) is 2.89. The van der Waals surface area contributed by atoms with Crippen molar-refractivity contribution in [3.63, 3.8) is 0 Å². The van der Waals surface area contributed by atoms with E-state index in [0.29, 0.717) is 13.2 Å². The van der Waals surface area contributed by atoms with E-state index in [1.165, 1.54) is 32.1 Å². The molecule has 0 saturated carbocycles. The molecule has 0 heterocycles. The molecule has 0 amide bonds. The smallest absolute Gasteiger partial charge is 0.331 e. The fraction of sp³-hybridized carbons (Fsp3) is 0.789. The van der Waals surface area contributed by atoms with Crippen LogP contribution >= 0.6 is 11.6 Å². The highest BCUT2D eigenvalue weighted by Crippen LogP contribution is 2.09. The summed E-state index contributed by atoms with van der Waals surface area (Å²) in [6.07, 6.45) is 14.4. The molecule has 0 fully saturated rings. The summed E-state index contributed by atoms with van der Waals surface area (Å²) in [4.78, 5) is 22.8. The zero-order chi connectivity index (χ0) is 17.9. The van der Waals surface area contributed by atoms with Crippen LogP contribution in [0.5, 0.6) is 0 Å². The molecule has 0 aromatic rings. The van der Waals surface area contributed by atoms with E-state index in [0.717, 1.165) is 56.6 Å². The fourth-order valence-electron chi connectivity index (χ4n) is 2.19. The van der Waals surface area contributed by atoms with Crippen molar-refractivity contribution in [3.05, 3.63) is 12.2 Å². The topological polar surface area (TPSA) is 52.6 Å². The van der Waals surface area contributed by atoms with Gasteiger partial charge in [0.15, 0.2) is 0 Å². The SMILES string of the molecule is CCCCCOC(=O)/C=C/C(=O)OCCCCCCCCCCCl. The monoisotopic (exact) mass is 360 g/mol. The second-order valence-electron chi connectivity index (χ2n) is 5.89. The van der Waals surface area contributed by atoms with Gasteiger partial charge in [-0.1, -0.05) is 58.3 Å². The maximum absolute atomic E-state index is 11.4. The van der Waals surface area contributed by atoms with Gasteiger partial charge in [-0.2, -0.15) is 0 Å². The van der Waals surface area contributed by atoms with Gasteiger partial charge in [-0.05, 0) is 19.3 Å². The highest BCUT2D eigenvalue weighted by atomic mass is 35.5. The maximum Gasteiger partial charge on any atom is 0.331 e.